The lowest BCUT2D eigenvalue weighted by molar-refractivity contribution is 0.0948. The maximum atomic E-state index is 12.4. The van der Waals surface area contributed by atoms with Crippen LogP contribution >= 0.6 is 0 Å². The minimum atomic E-state index is -0.357. The lowest BCUT2D eigenvalue weighted by atomic mass is 10.1. The van der Waals surface area contributed by atoms with Gasteiger partial charge in [0, 0.05) is 6.04 Å². The Hall–Kier alpha value is -2.83. The molecule has 7 heteroatoms. The van der Waals surface area contributed by atoms with E-state index >= 15 is 0 Å². The van der Waals surface area contributed by atoms with E-state index in [-0.39, 0.29) is 24.5 Å². The van der Waals surface area contributed by atoms with Crippen molar-refractivity contribution >= 4 is 17.6 Å². The lowest BCUT2D eigenvalue weighted by Gasteiger charge is -2.13. The van der Waals surface area contributed by atoms with Crippen LogP contribution in [0, 0.1) is 13.8 Å². The average molecular weight is 330 g/mol. The van der Waals surface area contributed by atoms with E-state index < -0.39 is 0 Å². The number of amides is 3. The summed E-state index contributed by atoms with van der Waals surface area (Å²) < 4.78 is 5.43. The Labute approximate surface area is 140 Å². The second-order valence-corrected chi connectivity index (χ2v) is 5.73. The molecule has 0 spiro atoms. The molecule has 0 unspecified atom stereocenters. The second-order valence-electron chi connectivity index (χ2n) is 5.73. The summed E-state index contributed by atoms with van der Waals surface area (Å²) in [5.74, 6) is 0.858. The zero-order valence-electron chi connectivity index (χ0n) is 14.3. The van der Waals surface area contributed by atoms with Crippen LogP contribution in [0.15, 0.2) is 28.7 Å². The first-order valence-electron chi connectivity index (χ1n) is 7.74. The molecule has 1 aromatic carbocycles. The summed E-state index contributed by atoms with van der Waals surface area (Å²) in [6.07, 6.45) is 0. The quantitative estimate of drug-likeness (QED) is 0.785. The molecule has 24 heavy (non-hydrogen) atoms. The SMILES string of the molecule is Cc1nc(CNC(=O)c2ccccc2NC(=O)NC(C)C)oc1C. The number of aryl methyl sites for hydroxylation is 2. The molecular formula is C17H22N4O3. The Kier molecular flexibility index (Phi) is 5.57. The van der Waals surface area contributed by atoms with Gasteiger partial charge >= 0.3 is 6.03 Å². The standard InChI is InChI=1S/C17H22N4O3/c1-10(2)19-17(23)21-14-8-6-5-7-13(14)16(22)18-9-15-20-11(3)12(4)24-15/h5-8,10H,9H2,1-4H3,(H,18,22)(H2,19,21,23). The molecule has 2 aromatic rings. The summed E-state index contributed by atoms with van der Waals surface area (Å²) in [6.45, 7) is 7.56. The Balaban J connectivity index is 2.04. The van der Waals surface area contributed by atoms with Crippen molar-refractivity contribution in [1.82, 2.24) is 15.6 Å². The van der Waals surface area contributed by atoms with Gasteiger partial charge in [0.15, 0.2) is 0 Å². The van der Waals surface area contributed by atoms with E-state index in [1.165, 1.54) is 0 Å². The molecule has 0 saturated carbocycles. The Morgan fingerprint density at radius 1 is 1.21 bits per heavy atom. The van der Waals surface area contributed by atoms with E-state index in [1.54, 1.807) is 24.3 Å². The molecule has 0 radical (unpaired) electrons. The highest BCUT2D eigenvalue weighted by Crippen LogP contribution is 2.15. The molecule has 0 fully saturated rings. The van der Waals surface area contributed by atoms with Crippen molar-refractivity contribution in [3.63, 3.8) is 0 Å². The van der Waals surface area contributed by atoms with Gasteiger partial charge in [0.2, 0.25) is 5.89 Å². The molecule has 2 rings (SSSR count). The van der Waals surface area contributed by atoms with Crippen LogP contribution in [-0.2, 0) is 6.54 Å². The van der Waals surface area contributed by atoms with E-state index in [9.17, 15) is 9.59 Å². The van der Waals surface area contributed by atoms with E-state index in [2.05, 4.69) is 20.9 Å². The fourth-order valence-electron chi connectivity index (χ4n) is 2.08. The molecule has 128 valence electrons. The van der Waals surface area contributed by atoms with Crippen LogP contribution in [0.25, 0.3) is 0 Å². The Bertz CT molecular complexity index is 718. The van der Waals surface area contributed by atoms with Gasteiger partial charge in [0.1, 0.15) is 5.76 Å². The van der Waals surface area contributed by atoms with Gasteiger partial charge in [-0.15, -0.1) is 0 Å². The first-order valence-corrected chi connectivity index (χ1v) is 7.74. The smallest absolute Gasteiger partial charge is 0.319 e. The van der Waals surface area contributed by atoms with Gasteiger partial charge < -0.3 is 20.4 Å². The fourth-order valence-corrected chi connectivity index (χ4v) is 2.08. The van der Waals surface area contributed by atoms with Crippen molar-refractivity contribution in [3.8, 4) is 0 Å². The fraction of sp³-hybridized carbons (Fsp3) is 0.353. The number of carbonyl (C=O) groups is 2. The minimum Gasteiger partial charge on any atom is -0.444 e. The van der Waals surface area contributed by atoms with Crippen LogP contribution in [-0.4, -0.2) is 23.0 Å². The number of para-hydroxylation sites is 1. The number of oxazole rings is 1. The number of carbonyl (C=O) groups excluding carboxylic acids is 2. The summed E-state index contributed by atoms with van der Waals surface area (Å²) in [5, 5.41) is 8.15. The van der Waals surface area contributed by atoms with Crippen LogP contribution in [0.3, 0.4) is 0 Å². The van der Waals surface area contributed by atoms with Gasteiger partial charge in [0.25, 0.3) is 5.91 Å². The van der Waals surface area contributed by atoms with Crippen molar-refractivity contribution in [2.24, 2.45) is 0 Å². The van der Waals surface area contributed by atoms with Gasteiger partial charge in [-0.25, -0.2) is 9.78 Å². The number of aromatic nitrogens is 1. The maximum Gasteiger partial charge on any atom is 0.319 e. The van der Waals surface area contributed by atoms with E-state index in [0.29, 0.717) is 17.1 Å². The topological polar surface area (TPSA) is 96.3 Å². The normalized spacial score (nSPS) is 10.5. The first-order chi connectivity index (χ1) is 11.4. The zero-order valence-corrected chi connectivity index (χ0v) is 14.3. The number of nitrogens with zero attached hydrogens (tertiary/aromatic N) is 1. The summed E-state index contributed by atoms with van der Waals surface area (Å²) in [4.78, 5) is 28.4. The molecule has 0 atom stereocenters. The highest BCUT2D eigenvalue weighted by atomic mass is 16.4. The molecule has 7 nitrogen and oxygen atoms in total. The third-order valence-corrected chi connectivity index (χ3v) is 3.31. The van der Waals surface area contributed by atoms with Gasteiger partial charge in [-0.05, 0) is 39.8 Å². The molecule has 0 aliphatic rings. The predicted octanol–water partition coefficient (Wildman–Crippen LogP) is 2.75. The number of benzene rings is 1. The number of anilines is 1. The average Bonchev–Trinajstić information content (AvgIpc) is 2.83. The third-order valence-electron chi connectivity index (χ3n) is 3.31. The zero-order chi connectivity index (χ0) is 17.7. The number of hydrogen-bond acceptors (Lipinski definition) is 4. The largest absolute Gasteiger partial charge is 0.444 e. The van der Waals surface area contributed by atoms with Crippen molar-refractivity contribution in [3.05, 3.63) is 47.2 Å². The first kappa shape index (κ1) is 17.5. The van der Waals surface area contributed by atoms with Crippen LogP contribution in [0.5, 0.6) is 0 Å². The third kappa shape index (κ3) is 4.58. The molecule has 0 bridgehead atoms. The molecule has 0 aliphatic heterocycles. The second kappa shape index (κ2) is 7.63. The summed E-state index contributed by atoms with van der Waals surface area (Å²) >= 11 is 0. The number of rotatable bonds is 5. The number of hydrogen-bond donors (Lipinski definition) is 3. The van der Waals surface area contributed by atoms with Crippen molar-refractivity contribution < 1.29 is 14.0 Å². The minimum absolute atomic E-state index is 0.00231. The van der Waals surface area contributed by atoms with Crippen LogP contribution in [0.1, 0.15) is 41.6 Å². The Morgan fingerprint density at radius 3 is 2.54 bits per heavy atom. The summed E-state index contributed by atoms with van der Waals surface area (Å²) in [7, 11) is 0. The summed E-state index contributed by atoms with van der Waals surface area (Å²) in [6, 6.07) is 6.45. The molecule has 0 aliphatic carbocycles. The van der Waals surface area contributed by atoms with Crippen LogP contribution in [0.4, 0.5) is 10.5 Å². The van der Waals surface area contributed by atoms with E-state index in [4.69, 9.17) is 4.42 Å². The van der Waals surface area contributed by atoms with E-state index in [0.717, 1.165) is 11.5 Å². The van der Waals surface area contributed by atoms with Gasteiger partial charge in [-0.3, -0.25) is 4.79 Å². The van der Waals surface area contributed by atoms with Crippen molar-refractivity contribution in [1.29, 1.82) is 0 Å². The number of nitrogens with one attached hydrogen (secondary N) is 3. The number of urea groups is 1. The van der Waals surface area contributed by atoms with Crippen molar-refractivity contribution in [2.75, 3.05) is 5.32 Å². The van der Waals surface area contributed by atoms with Crippen LogP contribution in [0.2, 0.25) is 0 Å². The Morgan fingerprint density at radius 2 is 1.92 bits per heavy atom. The van der Waals surface area contributed by atoms with Gasteiger partial charge in [-0.1, -0.05) is 12.1 Å². The lowest BCUT2D eigenvalue weighted by Crippen LogP contribution is -2.35. The predicted molar refractivity (Wildman–Crippen MR) is 90.9 cm³/mol. The molecule has 1 heterocycles. The molecule has 3 N–H and O–H groups in total. The highest BCUT2D eigenvalue weighted by Gasteiger charge is 2.14. The maximum absolute atomic E-state index is 12.4. The molecular weight excluding hydrogens is 308 g/mol. The molecule has 0 saturated heterocycles. The van der Waals surface area contributed by atoms with Gasteiger partial charge in [-0.2, -0.15) is 0 Å². The summed E-state index contributed by atoms with van der Waals surface area (Å²) in [5.41, 5.74) is 1.61. The van der Waals surface area contributed by atoms with E-state index in [1.807, 2.05) is 27.7 Å². The van der Waals surface area contributed by atoms with Crippen LogP contribution < -0.4 is 16.0 Å². The monoisotopic (exact) mass is 330 g/mol. The molecule has 3 amide bonds. The molecule has 1 aromatic heterocycles. The highest BCUT2D eigenvalue weighted by molar-refractivity contribution is 6.03. The van der Waals surface area contributed by atoms with Gasteiger partial charge in [0.05, 0.1) is 23.5 Å². The van der Waals surface area contributed by atoms with Crippen molar-refractivity contribution in [2.45, 2.75) is 40.3 Å².